The molecule has 0 aliphatic heterocycles. The lowest BCUT2D eigenvalue weighted by Crippen LogP contribution is -2.38. The van der Waals surface area contributed by atoms with Gasteiger partial charge in [0, 0.05) is 18.6 Å². The van der Waals surface area contributed by atoms with E-state index in [0.29, 0.717) is 24.5 Å². The van der Waals surface area contributed by atoms with Crippen LogP contribution in [0.25, 0.3) is 0 Å². The number of hydrogen-bond acceptors (Lipinski definition) is 2. The fourth-order valence-corrected chi connectivity index (χ4v) is 1.71. The molecule has 0 spiro atoms. The Morgan fingerprint density at radius 1 is 1.13 bits per heavy atom. The van der Waals surface area contributed by atoms with Crippen LogP contribution in [-0.2, 0) is 0 Å². The maximum absolute atomic E-state index is 5.64. The van der Waals surface area contributed by atoms with Crippen LogP contribution in [0.2, 0.25) is 0 Å². The Hall–Kier alpha value is -0.860. The zero-order valence-corrected chi connectivity index (χ0v) is 9.90. The standard InChI is InChI=1S/C13H22N2/c1-10(2)13(15-11(3)9-14)12-7-5-4-6-8-12/h4-8,10-11,13,15H,9,14H2,1-3H3. The normalized spacial score (nSPS) is 15.3. The van der Waals surface area contributed by atoms with Crippen molar-refractivity contribution in [1.29, 1.82) is 0 Å². The minimum Gasteiger partial charge on any atom is -0.329 e. The van der Waals surface area contributed by atoms with Crippen LogP contribution in [0.4, 0.5) is 0 Å². The van der Waals surface area contributed by atoms with E-state index in [0.717, 1.165) is 0 Å². The highest BCUT2D eigenvalue weighted by atomic mass is 15.0. The smallest absolute Gasteiger partial charge is 0.0346 e. The van der Waals surface area contributed by atoms with Gasteiger partial charge >= 0.3 is 0 Å². The zero-order valence-electron chi connectivity index (χ0n) is 9.90. The molecule has 2 atom stereocenters. The molecule has 84 valence electrons. The first-order valence-electron chi connectivity index (χ1n) is 5.66. The molecule has 1 rings (SSSR count). The van der Waals surface area contributed by atoms with Gasteiger partial charge in [0.1, 0.15) is 0 Å². The number of hydrogen-bond donors (Lipinski definition) is 2. The lowest BCUT2D eigenvalue weighted by atomic mass is 9.95. The van der Waals surface area contributed by atoms with Crippen LogP contribution in [0.3, 0.4) is 0 Å². The lowest BCUT2D eigenvalue weighted by Gasteiger charge is -2.26. The Kier molecular flexibility index (Phi) is 4.79. The molecule has 0 radical (unpaired) electrons. The maximum Gasteiger partial charge on any atom is 0.0346 e. The van der Waals surface area contributed by atoms with Gasteiger partial charge in [-0.05, 0) is 18.4 Å². The minimum absolute atomic E-state index is 0.359. The Morgan fingerprint density at radius 2 is 1.73 bits per heavy atom. The highest BCUT2D eigenvalue weighted by Gasteiger charge is 2.16. The van der Waals surface area contributed by atoms with E-state index in [4.69, 9.17) is 5.73 Å². The second kappa shape index (κ2) is 5.89. The molecule has 0 aromatic heterocycles. The summed E-state index contributed by atoms with van der Waals surface area (Å²) in [5.41, 5.74) is 6.98. The zero-order chi connectivity index (χ0) is 11.3. The predicted molar refractivity (Wildman–Crippen MR) is 65.7 cm³/mol. The molecule has 1 aromatic rings. The molecule has 0 amide bonds. The number of benzene rings is 1. The summed E-state index contributed by atoms with van der Waals surface area (Å²) < 4.78 is 0. The van der Waals surface area contributed by atoms with Crippen molar-refractivity contribution < 1.29 is 0 Å². The molecule has 15 heavy (non-hydrogen) atoms. The van der Waals surface area contributed by atoms with Crippen molar-refractivity contribution >= 4 is 0 Å². The summed E-state index contributed by atoms with van der Waals surface area (Å²) in [6, 6.07) is 11.3. The van der Waals surface area contributed by atoms with E-state index >= 15 is 0 Å². The molecule has 1 aromatic carbocycles. The van der Waals surface area contributed by atoms with Crippen LogP contribution >= 0.6 is 0 Å². The van der Waals surface area contributed by atoms with Gasteiger partial charge in [-0.3, -0.25) is 0 Å². The molecule has 0 saturated heterocycles. The van der Waals surface area contributed by atoms with E-state index < -0.39 is 0 Å². The highest BCUT2D eigenvalue weighted by Crippen LogP contribution is 2.21. The maximum atomic E-state index is 5.64. The van der Waals surface area contributed by atoms with Crippen molar-refractivity contribution in [1.82, 2.24) is 5.32 Å². The molecule has 0 saturated carbocycles. The van der Waals surface area contributed by atoms with Gasteiger partial charge in [0.05, 0.1) is 0 Å². The van der Waals surface area contributed by atoms with Crippen LogP contribution in [0, 0.1) is 5.92 Å². The summed E-state index contributed by atoms with van der Waals surface area (Å²) >= 11 is 0. The average molecular weight is 206 g/mol. The van der Waals surface area contributed by atoms with E-state index in [1.165, 1.54) is 5.56 Å². The van der Waals surface area contributed by atoms with Crippen molar-refractivity contribution in [3.63, 3.8) is 0 Å². The summed E-state index contributed by atoms with van der Waals surface area (Å²) in [6.45, 7) is 7.26. The third kappa shape index (κ3) is 3.65. The minimum atomic E-state index is 0.359. The second-order valence-corrected chi connectivity index (χ2v) is 4.44. The molecule has 0 heterocycles. The van der Waals surface area contributed by atoms with Crippen LogP contribution in [0.15, 0.2) is 30.3 Å². The van der Waals surface area contributed by atoms with Gasteiger partial charge in [0.15, 0.2) is 0 Å². The molecule has 3 N–H and O–H groups in total. The van der Waals surface area contributed by atoms with E-state index in [9.17, 15) is 0 Å². The Balaban J connectivity index is 2.75. The molecule has 0 aliphatic rings. The third-order valence-corrected chi connectivity index (χ3v) is 2.64. The van der Waals surface area contributed by atoms with E-state index in [2.05, 4.69) is 50.4 Å². The van der Waals surface area contributed by atoms with Crippen LogP contribution < -0.4 is 11.1 Å². The fourth-order valence-electron chi connectivity index (χ4n) is 1.71. The average Bonchev–Trinajstić information content (AvgIpc) is 2.26. The highest BCUT2D eigenvalue weighted by molar-refractivity contribution is 5.19. The van der Waals surface area contributed by atoms with Crippen LogP contribution in [0.5, 0.6) is 0 Å². The molecule has 2 heteroatoms. The first kappa shape index (κ1) is 12.2. The monoisotopic (exact) mass is 206 g/mol. The Morgan fingerprint density at radius 3 is 2.20 bits per heavy atom. The molecule has 2 unspecified atom stereocenters. The molecule has 2 nitrogen and oxygen atoms in total. The first-order chi connectivity index (χ1) is 7.15. The van der Waals surface area contributed by atoms with Crippen molar-refractivity contribution in [3.05, 3.63) is 35.9 Å². The molecule has 0 bridgehead atoms. The summed E-state index contributed by atoms with van der Waals surface area (Å²) in [7, 11) is 0. The van der Waals surface area contributed by atoms with Crippen molar-refractivity contribution in [3.8, 4) is 0 Å². The van der Waals surface area contributed by atoms with Gasteiger partial charge in [-0.25, -0.2) is 0 Å². The van der Waals surface area contributed by atoms with Crippen molar-refractivity contribution in [2.45, 2.75) is 32.9 Å². The Bertz CT molecular complexity index is 269. The van der Waals surface area contributed by atoms with Gasteiger partial charge < -0.3 is 11.1 Å². The number of nitrogens with two attached hydrogens (primary N) is 1. The SMILES string of the molecule is CC(CN)NC(c1ccccc1)C(C)C. The first-order valence-corrected chi connectivity index (χ1v) is 5.66. The van der Waals surface area contributed by atoms with E-state index in [1.807, 2.05) is 6.07 Å². The van der Waals surface area contributed by atoms with Gasteiger partial charge in [0.2, 0.25) is 0 Å². The topological polar surface area (TPSA) is 38.0 Å². The molecular formula is C13H22N2. The Labute approximate surface area is 92.9 Å². The van der Waals surface area contributed by atoms with Crippen molar-refractivity contribution in [2.75, 3.05) is 6.54 Å². The summed E-state index contributed by atoms with van der Waals surface area (Å²) in [6.07, 6.45) is 0. The van der Waals surface area contributed by atoms with Crippen LogP contribution in [-0.4, -0.2) is 12.6 Å². The molecule has 0 fully saturated rings. The predicted octanol–water partition coefficient (Wildman–Crippen LogP) is 2.32. The summed E-state index contributed by atoms with van der Waals surface area (Å²) in [5, 5.41) is 3.56. The van der Waals surface area contributed by atoms with Gasteiger partial charge in [0.25, 0.3) is 0 Å². The largest absolute Gasteiger partial charge is 0.329 e. The third-order valence-electron chi connectivity index (χ3n) is 2.64. The van der Waals surface area contributed by atoms with Gasteiger partial charge in [-0.15, -0.1) is 0 Å². The molecular weight excluding hydrogens is 184 g/mol. The van der Waals surface area contributed by atoms with E-state index in [1.54, 1.807) is 0 Å². The summed E-state index contributed by atoms with van der Waals surface area (Å²) in [4.78, 5) is 0. The quantitative estimate of drug-likeness (QED) is 0.776. The number of rotatable bonds is 5. The number of nitrogens with one attached hydrogen (secondary N) is 1. The summed E-state index contributed by atoms with van der Waals surface area (Å²) in [5.74, 6) is 0.571. The second-order valence-electron chi connectivity index (χ2n) is 4.44. The lowest BCUT2D eigenvalue weighted by molar-refractivity contribution is 0.373. The van der Waals surface area contributed by atoms with Crippen LogP contribution in [0.1, 0.15) is 32.4 Å². The molecule has 0 aliphatic carbocycles. The van der Waals surface area contributed by atoms with Gasteiger partial charge in [-0.2, -0.15) is 0 Å². The van der Waals surface area contributed by atoms with E-state index in [-0.39, 0.29) is 0 Å². The fraction of sp³-hybridized carbons (Fsp3) is 0.538. The van der Waals surface area contributed by atoms with Gasteiger partial charge in [-0.1, -0.05) is 44.2 Å². The van der Waals surface area contributed by atoms with Crippen molar-refractivity contribution in [2.24, 2.45) is 11.7 Å².